The van der Waals surface area contributed by atoms with E-state index in [1.54, 1.807) is 5.32 Å². The van der Waals surface area contributed by atoms with Crippen molar-refractivity contribution >= 4 is 12.0 Å². The minimum atomic E-state index is -4.39. The smallest absolute Gasteiger partial charge is 0.390 e. The van der Waals surface area contributed by atoms with Crippen molar-refractivity contribution < 1.29 is 33.0 Å². The van der Waals surface area contributed by atoms with Gasteiger partial charge in [-0.15, -0.1) is 0 Å². The number of alkyl halides is 3. The summed E-state index contributed by atoms with van der Waals surface area (Å²) in [6.07, 6.45) is -5.60. The number of urea groups is 1. The van der Waals surface area contributed by atoms with Crippen molar-refractivity contribution in [1.29, 1.82) is 0 Å². The van der Waals surface area contributed by atoms with Crippen molar-refractivity contribution in [1.82, 2.24) is 10.6 Å². The Balaban J connectivity index is 3.86. The average Bonchev–Trinajstić information content (AvgIpc) is 2.11. The lowest BCUT2D eigenvalue weighted by Crippen LogP contribution is -2.48. The van der Waals surface area contributed by atoms with Gasteiger partial charge in [0.25, 0.3) is 0 Å². The van der Waals surface area contributed by atoms with E-state index in [9.17, 15) is 22.8 Å². The molecule has 0 bridgehead atoms. The largest absolute Gasteiger partial charge is 0.480 e. The van der Waals surface area contributed by atoms with E-state index in [1.807, 2.05) is 5.32 Å². The molecule has 0 spiro atoms. The number of nitrogens with one attached hydrogen (secondary N) is 2. The number of carbonyl (C=O) groups is 2. The van der Waals surface area contributed by atoms with Crippen molar-refractivity contribution in [2.45, 2.75) is 18.6 Å². The van der Waals surface area contributed by atoms with Gasteiger partial charge in [-0.3, -0.25) is 0 Å². The molecule has 6 nitrogen and oxygen atoms in total. The van der Waals surface area contributed by atoms with Gasteiger partial charge < -0.3 is 20.8 Å². The zero-order valence-electron chi connectivity index (χ0n) is 8.04. The molecule has 2 amide bonds. The second-order valence-electron chi connectivity index (χ2n) is 2.84. The predicted octanol–water partition coefficient (Wildman–Crippen LogP) is -0.316. The van der Waals surface area contributed by atoms with Gasteiger partial charge in [0.05, 0.1) is 13.0 Å². The standard InChI is InChI=1S/C7H11F3N2O4/c8-7(9,10)1-2-11-6(16)12-4(3-13)5(14)15/h4,13H,1-3H2,(H,14,15)(H2,11,12,16)/t4-/m1/s1. The monoisotopic (exact) mass is 244 g/mol. The highest BCUT2D eigenvalue weighted by atomic mass is 19.4. The molecule has 0 aliphatic rings. The molecule has 94 valence electrons. The molecule has 4 N–H and O–H groups in total. The fourth-order valence-electron chi connectivity index (χ4n) is 0.713. The number of aliphatic hydroxyl groups is 1. The van der Waals surface area contributed by atoms with Crippen LogP contribution in [0.3, 0.4) is 0 Å². The number of aliphatic hydroxyl groups excluding tert-OH is 1. The van der Waals surface area contributed by atoms with Crippen molar-refractivity contribution in [3.05, 3.63) is 0 Å². The van der Waals surface area contributed by atoms with Gasteiger partial charge in [-0.05, 0) is 0 Å². The van der Waals surface area contributed by atoms with Crippen molar-refractivity contribution in [2.75, 3.05) is 13.2 Å². The summed E-state index contributed by atoms with van der Waals surface area (Å²) in [6.45, 7) is -1.50. The number of aliphatic carboxylic acids is 1. The molecule has 0 fully saturated rings. The number of hydrogen-bond donors (Lipinski definition) is 4. The molecule has 0 aromatic carbocycles. The quantitative estimate of drug-likeness (QED) is 0.532. The van der Waals surface area contributed by atoms with Gasteiger partial charge in [-0.2, -0.15) is 13.2 Å². The number of halogens is 3. The summed E-state index contributed by atoms with van der Waals surface area (Å²) >= 11 is 0. The molecule has 0 rings (SSSR count). The maximum Gasteiger partial charge on any atom is 0.390 e. The summed E-state index contributed by atoms with van der Waals surface area (Å²) in [4.78, 5) is 21.2. The molecule has 0 aromatic heterocycles. The minimum absolute atomic E-state index is 0.660. The van der Waals surface area contributed by atoms with Crippen molar-refractivity contribution in [3.8, 4) is 0 Å². The fraction of sp³-hybridized carbons (Fsp3) is 0.714. The van der Waals surface area contributed by atoms with Crippen LogP contribution in [0, 0.1) is 0 Å². The van der Waals surface area contributed by atoms with Crippen LogP contribution in [0.2, 0.25) is 0 Å². The van der Waals surface area contributed by atoms with Crippen LogP contribution in [0.15, 0.2) is 0 Å². The van der Waals surface area contributed by atoms with Crippen molar-refractivity contribution in [2.24, 2.45) is 0 Å². The van der Waals surface area contributed by atoms with Gasteiger partial charge in [-0.25, -0.2) is 9.59 Å². The number of carboxylic acids is 1. The second-order valence-corrected chi connectivity index (χ2v) is 2.84. The first-order valence-corrected chi connectivity index (χ1v) is 4.21. The molecule has 0 saturated carbocycles. The summed E-state index contributed by atoms with van der Waals surface area (Å²) in [5.41, 5.74) is 0. The van der Waals surface area contributed by atoms with Gasteiger partial charge in [0.2, 0.25) is 0 Å². The van der Waals surface area contributed by atoms with Gasteiger partial charge in [-0.1, -0.05) is 0 Å². The molecule has 0 heterocycles. The van der Waals surface area contributed by atoms with Gasteiger partial charge in [0.1, 0.15) is 0 Å². The predicted molar refractivity (Wildman–Crippen MR) is 45.7 cm³/mol. The Morgan fingerprint density at radius 3 is 2.25 bits per heavy atom. The van der Waals surface area contributed by atoms with E-state index < -0.39 is 43.8 Å². The van der Waals surface area contributed by atoms with Gasteiger partial charge in [0.15, 0.2) is 6.04 Å². The highest BCUT2D eigenvalue weighted by molar-refractivity contribution is 5.82. The minimum Gasteiger partial charge on any atom is -0.480 e. The molecule has 1 atom stereocenters. The van der Waals surface area contributed by atoms with Gasteiger partial charge >= 0.3 is 18.2 Å². The van der Waals surface area contributed by atoms with Crippen LogP contribution in [-0.2, 0) is 4.79 Å². The van der Waals surface area contributed by atoms with E-state index in [0.29, 0.717) is 0 Å². The normalized spacial score (nSPS) is 13.0. The molecule has 9 heteroatoms. The lowest BCUT2D eigenvalue weighted by atomic mass is 10.3. The van der Waals surface area contributed by atoms with Crippen molar-refractivity contribution in [3.63, 3.8) is 0 Å². The fourth-order valence-corrected chi connectivity index (χ4v) is 0.713. The summed E-state index contributed by atoms with van der Waals surface area (Å²) in [6, 6.07) is -2.61. The Labute approximate surface area is 88.4 Å². The van der Waals surface area contributed by atoms with Gasteiger partial charge in [0, 0.05) is 6.54 Å². The van der Waals surface area contributed by atoms with E-state index in [1.165, 1.54) is 0 Å². The maximum atomic E-state index is 11.7. The number of carboxylic acid groups (broad SMARTS) is 1. The third-order valence-electron chi connectivity index (χ3n) is 1.48. The van der Waals surface area contributed by atoms with Crippen LogP contribution in [0.25, 0.3) is 0 Å². The molecule has 0 radical (unpaired) electrons. The van der Waals surface area contributed by atoms with E-state index in [2.05, 4.69) is 0 Å². The Morgan fingerprint density at radius 1 is 1.31 bits per heavy atom. The Hall–Kier alpha value is -1.51. The molecule has 0 aliphatic heterocycles. The maximum absolute atomic E-state index is 11.7. The Kier molecular flexibility index (Phi) is 5.57. The highest BCUT2D eigenvalue weighted by Gasteiger charge is 2.27. The summed E-state index contributed by atoms with van der Waals surface area (Å²) in [5.74, 6) is -1.48. The lowest BCUT2D eigenvalue weighted by molar-refractivity contribution is -0.140. The summed E-state index contributed by atoms with van der Waals surface area (Å²) < 4.78 is 35.0. The first-order chi connectivity index (χ1) is 7.26. The lowest BCUT2D eigenvalue weighted by Gasteiger charge is -2.13. The van der Waals surface area contributed by atoms with Crippen LogP contribution in [0.1, 0.15) is 6.42 Å². The number of amides is 2. The second kappa shape index (κ2) is 6.16. The number of hydrogen-bond acceptors (Lipinski definition) is 3. The van der Waals surface area contributed by atoms with E-state index in [-0.39, 0.29) is 0 Å². The molecule has 16 heavy (non-hydrogen) atoms. The first kappa shape index (κ1) is 14.5. The zero-order chi connectivity index (χ0) is 12.8. The molecule has 0 unspecified atom stereocenters. The highest BCUT2D eigenvalue weighted by Crippen LogP contribution is 2.17. The Bertz CT molecular complexity index is 257. The molecule has 0 aliphatic carbocycles. The van der Waals surface area contributed by atoms with Crippen LogP contribution >= 0.6 is 0 Å². The SMILES string of the molecule is O=C(NCCC(F)(F)F)N[C@H](CO)C(=O)O. The number of rotatable bonds is 5. The third kappa shape index (κ3) is 6.87. The van der Waals surface area contributed by atoms with E-state index in [0.717, 1.165) is 0 Å². The summed E-state index contributed by atoms with van der Waals surface area (Å²) in [5, 5.41) is 20.5. The summed E-state index contributed by atoms with van der Waals surface area (Å²) in [7, 11) is 0. The van der Waals surface area contributed by atoms with Crippen LogP contribution in [0.4, 0.5) is 18.0 Å². The molecule has 0 aromatic rings. The van der Waals surface area contributed by atoms with E-state index >= 15 is 0 Å². The average molecular weight is 244 g/mol. The zero-order valence-corrected chi connectivity index (χ0v) is 8.04. The van der Waals surface area contributed by atoms with E-state index in [4.69, 9.17) is 10.2 Å². The first-order valence-electron chi connectivity index (χ1n) is 4.21. The molecular weight excluding hydrogens is 233 g/mol. The van der Waals surface area contributed by atoms with Crippen LogP contribution in [0.5, 0.6) is 0 Å². The number of carbonyl (C=O) groups excluding carboxylic acids is 1. The Morgan fingerprint density at radius 2 is 1.88 bits per heavy atom. The topological polar surface area (TPSA) is 98.7 Å². The van der Waals surface area contributed by atoms with Crippen LogP contribution < -0.4 is 10.6 Å². The molecule has 0 saturated heterocycles. The molecular formula is C7H11F3N2O4. The van der Waals surface area contributed by atoms with Crippen LogP contribution in [-0.4, -0.2) is 47.6 Å². The third-order valence-corrected chi connectivity index (χ3v) is 1.48.